The average Bonchev–Trinajstić information content (AvgIpc) is 3.22. The minimum Gasteiger partial charge on any atom is -0.462 e. The molecule has 27 heavy (non-hydrogen) atoms. The van der Waals surface area contributed by atoms with Crippen LogP contribution in [0.1, 0.15) is 37.8 Å². The summed E-state index contributed by atoms with van der Waals surface area (Å²) in [6.45, 7) is 3.56. The number of fused-ring (bicyclic) bond motifs is 1. The third-order valence-electron chi connectivity index (χ3n) is 4.19. The fourth-order valence-electron chi connectivity index (χ4n) is 2.79. The number of ether oxygens (including phenoxy) is 2. The molecule has 1 aromatic carbocycles. The molecule has 134 valence electrons. The van der Waals surface area contributed by atoms with Crippen molar-refractivity contribution in [1.29, 1.82) is 0 Å². The lowest BCUT2D eigenvalue weighted by molar-refractivity contribution is 0.0733. The Morgan fingerprint density at radius 1 is 1.07 bits per heavy atom. The predicted molar refractivity (Wildman–Crippen MR) is 96.8 cm³/mol. The zero-order chi connectivity index (χ0) is 19.0. The molecule has 1 aliphatic rings. The van der Waals surface area contributed by atoms with Gasteiger partial charge in [0.1, 0.15) is 23.0 Å². The molecule has 0 spiro atoms. The number of pyridine rings is 1. The van der Waals surface area contributed by atoms with Gasteiger partial charge in [0.15, 0.2) is 5.76 Å². The van der Waals surface area contributed by atoms with Gasteiger partial charge < -0.3 is 13.9 Å². The summed E-state index contributed by atoms with van der Waals surface area (Å²) in [6.07, 6.45) is 4.58. The molecule has 0 fully saturated rings. The number of hydrogen-bond donors (Lipinski definition) is 0. The summed E-state index contributed by atoms with van der Waals surface area (Å²) in [5.74, 6) is 1.41. The van der Waals surface area contributed by atoms with Gasteiger partial charge >= 0.3 is 5.97 Å². The minimum absolute atomic E-state index is 0.167. The number of aromatic nitrogens is 1. The first-order valence-electron chi connectivity index (χ1n) is 8.29. The second-order valence-corrected chi connectivity index (χ2v) is 6.08. The molecular formula is C21H15NO5. The van der Waals surface area contributed by atoms with E-state index in [0.29, 0.717) is 33.9 Å². The highest BCUT2D eigenvalue weighted by molar-refractivity contribution is 6.14. The summed E-state index contributed by atoms with van der Waals surface area (Å²) in [4.78, 5) is 28.7. The topological polar surface area (TPSA) is 78.6 Å². The minimum atomic E-state index is -0.508. The van der Waals surface area contributed by atoms with Crippen molar-refractivity contribution < 1.29 is 23.5 Å². The number of furan rings is 1. The van der Waals surface area contributed by atoms with Crippen molar-refractivity contribution in [3.63, 3.8) is 0 Å². The van der Waals surface area contributed by atoms with Crippen LogP contribution in [-0.2, 0) is 0 Å². The predicted octanol–water partition coefficient (Wildman–Crippen LogP) is 4.13. The lowest BCUT2D eigenvalue weighted by atomic mass is 10.1. The largest absolute Gasteiger partial charge is 0.462 e. The quantitative estimate of drug-likeness (QED) is 0.397. The molecule has 0 unspecified atom stereocenters. The van der Waals surface area contributed by atoms with Crippen LogP contribution in [-0.4, -0.2) is 16.7 Å². The lowest BCUT2D eigenvalue weighted by Crippen LogP contribution is -2.09. The maximum atomic E-state index is 12.6. The van der Waals surface area contributed by atoms with Crippen molar-refractivity contribution in [3.05, 3.63) is 82.8 Å². The molecule has 0 atom stereocenters. The summed E-state index contributed by atoms with van der Waals surface area (Å²) in [7, 11) is 0. The van der Waals surface area contributed by atoms with Crippen LogP contribution < -0.4 is 9.47 Å². The van der Waals surface area contributed by atoms with Crippen LogP contribution in [0.15, 0.2) is 59.0 Å². The van der Waals surface area contributed by atoms with Gasteiger partial charge in [-0.1, -0.05) is 0 Å². The summed E-state index contributed by atoms with van der Waals surface area (Å²) >= 11 is 0. The summed E-state index contributed by atoms with van der Waals surface area (Å²) in [5, 5.41) is 0. The van der Waals surface area contributed by atoms with Crippen LogP contribution in [0.5, 0.6) is 11.5 Å². The van der Waals surface area contributed by atoms with Gasteiger partial charge in [0, 0.05) is 24.0 Å². The lowest BCUT2D eigenvalue weighted by Gasteiger charge is -2.10. The number of benzene rings is 1. The highest BCUT2D eigenvalue weighted by Crippen LogP contribution is 2.39. The molecule has 0 saturated carbocycles. The number of carbonyl (C=O) groups excluding carboxylic acids is 2. The zero-order valence-electron chi connectivity index (χ0n) is 14.7. The Morgan fingerprint density at radius 2 is 1.85 bits per heavy atom. The number of ketones is 1. The molecule has 0 radical (unpaired) electrons. The van der Waals surface area contributed by atoms with Gasteiger partial charge in [-0.2, -0.15) is 0 Å². The summed E-state index contributed by atoms with van der Waals surface area (Å²) in [6, 6.07) is 9.88. The van der Waals surface area contributed by atoms with Crippen LogP contribution in [0.25, 0.3) is 6.08 Å². The third-order valence-corrected chi connectivity index (χ3v) is 4.19. The van der Waals surface area contributed by atoms with Gasteiger partial charge in [0.25, 0.3) is 0 Å². The van der Waals surface area contributed by atoms with E-state index in [4.69, 9.17) is 13.9 Å². The number of esters is 1. The first-order chi connectivity index (χ1) is 13.0. The van der Waals surface area contributed by atoms with E-state index in [1.807, 2.05) is 6.92 Å². The first-order valence-corrected chi connectivity index (χ1v) is 8.29. The highest BCUT2D eigenvalue weighted by atomic mass is 16.5. The molecule has 6 nitrogen and oxygen atoms in total. The van der Waals surface area contributed by atoms with E-state index in [9.17, 15) is 9.59 Å². The Kier molecular flexibility index (Phi) is 4.08. The SMILES string of the molecule is Cc1ccc(/C=C2\Oc3c(ccc(OC(=O)c4ccncc4)c3C)C2=O)o1. The molecule has 0 bridgehead atoms. The molecule has 0 N–H and O–H groups in total. The Hall–Kier alpha value is -3.67. The summed E-state index contributed by atoms with van der Waals surface area (Å²) < 4.78 is 16.7. The molecule has 1 aliphatic heterocycles. The maximum Gasteiger partial charge on any atom is 0.343 e. The molecule has 0 aliphatic carbocycles. The van der Waals surface area contributed by atoms with Gasteiger partial charge in [-0.3, -0.25) is 9.78 Å². The fraction of sp³-hybridized carbons (Fsp3) is 0.0952. The smallest absolute Gasteiger partial charge is 0.343 e. The van der Waals surface area contributed by atoms with Crippen LogP contribution in [0, 0.1) is 13.8 Å². The average molecular weight is 361 g/mol. The maximum absolute atomic E-state index is 12.6. The Balaban J connectivity index is 1.62. The molecule has 2 aromatic heterocycles. The van der Waals surface area contributed by atoms with Crippen molar-refractivity contribution in [2.75, 3.05) is 0 Å². The highest BCUT2D eigenvalue weighted by Gasteiger charge is 2.31. The zero-order valence-corrected chi connectivity index (χ0v) is 14.7. The second-order valence-electron chi connectivity index (χ2n) is 6.08. The van der Waals surface area contributed by atoms with E-state index in [1.165, 1.54) is 12.4 Å². The van der Waals surface area contributed by atoms with Gasteiger partial charge in [-0.25, -0.2) is 4.79 Å². The van der Waals surface area contributed by atoms with E-state index in [-0.39, 0.29) is 11.5 Å². The monoisotopic (exact) mass is 361 g/mol. The van der Waals surface area contributed by atoms with E-state index in [1.54, 1.807) is 49.4 Å². The molecule has 3 heterocycles. The van der Waals surface area contributed by atoms with Crippen molar-refractivity contribution >= 4 is 17.8 Å². The number of Topliss-reactive ketones (excluding diaryl/α,β-unsaturated/α-hetero) is 1. The van der Waals surface area contributed by atoms with Crippen molar-refractivity contribution in [3.8, 4) is 11.5 Å². The van der Waals surface area contributed by atoms with Gasteiger partial charge in [-0.05, 0) is 50.2 Å². The standard InChI is InChI=1S/C21H15NO5/c1-12-3-4-15(25-12)11-18-19(23)16-5-6-17(13(2)20(16)26-18)27-21(24)14-7-9-22-10-8-14/h3-11H,1-2H3/b18-11-. The number of aryl methyl sites for hydroxylation is 1. The first kappa shape index (κ1) is 16.8. The number of carbonyl (C=O) groups is 2. The number of allylic oxidation sites excluding steroid dienone is 1. The summed E-state index contributed by atoms with van der Waals surface area (Å²) in [5.41, 5.74) is 1.38. The molecule has 4 rings (SSSR count). The molecule has 6 heteroatoms. The van der Waals surface area contributed by atoms with Crippen molar-refractivity contribution in [1.82, 2.24) is 4.98 Å². The Labute approximate surface area is 155 Å². The van der Waals surface area contributed by atoms with Crippen molar-refractivity contribution in [2.45, 2.75) is 13.8 Å². The Bertz CT molecular complexity index is 1080. The number of rotatable bonds is 3. The van der Waals surface area contributed by atoms with E-state index in [0.717, 1.165) is 5.76 Å². The van der Waals surface area contributed by atoms with E-state index in [2.05, 4.69) is 4.98 Å². The number of nitrogens with zero attached hydrogens (tertiary/aromatic N) is 1. The Morgan fingerprint density at radius 3 is 2.56 bits per heavy atom. The van der Waals surface area contributed by atoms with Crippen LogP contribution in [0.3, 0.4) is 0 Å². The normalized spacial score (nSPS) is 14.1. The van der Waals surface area contributed by atoms with Crippen LogP contribution in [0.4, 0.5) is 0 Å². The van der Waals surface area contributed by atoms with Gasteiger partial charge in [0.2, 0.25) is 5.78 Å². The molecule has 0 amide bonds. The second kappa shape index (κ2) is 6.57. The third kappa shape index (κ3) is 3.13. The number of hydrogen-bond acceptors (Lipinski definition) is 6. The van der Waals surface area contributed by atoms with E-state index >= 15 is 0 Å². The van der Waals surface area contributed by atoms with Crippen LogP contribution in [0.2, 0.25) is 0 Å². The van der Waals surface area contributed by atoms with E-state index < -0.39 is 5.97 Å². The van der Waals surface area contributed by atoms with Gasteiger partial charge in [-0.15, -0.1) is 0 Å². The molecule has 3 aromatic rings. The fourth-order valence-corrected chi connectivity index (χ4v) is 2.79. The van der Waals surface area contributed by atoms with Crippen molar-refractivity contribution in [2.24, 2.45) is 0 Å². The van der Waals surface area contributed by atoms with Gasteiger partial charge in [0.05, 0.1) is 11.1 Å². The molecular weight excluding hydrogens is 346 g/mol. The molecule has 0 saturated heterocycles. The van der Waals surface area contributed by atoms with Crippen LogP contribution >= 0.6 is 0 Å².